The second-order valence-corrected chi connectivity index (χ2v) is 7.04. The van der Waals surface area contributed by atoms with Crippen molar-refractivity contribution in [1.82, 2.24) is 9.97 Å². The number of carbonyl (C=O) groups excluding carboxylic acids is 1. The van der Waals surface area contributed by atoms with Crippen LogP contribution in [0.5, 0.6) is 0 Å². The number of benzene rings is 2. The van der Waals surface area contributed by atoms with E-state index in [-0.39, 0.29) is 17.5 Å². The van der Waals surface area contributed by atoms with Gasteiger partial charge in [-0.05, 0) is 48.6 Å². The van der Waals surface area contributed by atoms with Crippen molar-refractivity contribution < 1.29 is 13.6 Å². The number of aromatic nitrogens is 2. The zero-order valence-electron chi connectivity index (χ0n) is 16.0. The fourth-order valence-corrected chi connectivity index (χ4v) is 3.31. The number of carbonyl (C=O) groups is 1. The number of hydrogen-bond acceptors (Lipinski definition) is 4. The van der Waals surface area contributed by atoms with E-state index < -0.39 is 0 Å². The quantitative estimate of drug-likeness (QED) is 0.274. The molecule has 0 amide bonds. The number of Topliss-reactive ketones (excluding diaryl/α,β-unsaturated/α-hetero) is 1. The molecule has 0 aliphatic carbocycles. The van der Waals surface area contributed by atoms with Crippen LogP contribution in [-0.2, 0) is 6.42 Å². The van der Waals surface area contributed by atoms with Gasteiger partial charge in [0.1, 0.15) is 5.82 Å². The number of ketones is 1. The van der Waals surface area contributed by atoms with Crippen LogP contribution < -0.4 is 0 Å². The molecule has 4 rings (SSSR count). The molecule has 0 aliphatic heterocycles. The summed E-state index contributed by atoms with van der Waals surface area (Å²) >= 11 is 0. The van der Waals surface area contributed by atoms with Crippen molar-refractivity contribution in [1.29, 1.82) is 0 Å². The largest absolute Gasteiger partial charge is 0.432 e. The molecular formula is C24H21FN2O2. The number of fused-ring (bicyclic) bond motifs is 1. The monoisotopic (exact) mass is 388 g/mol. The van der Waals surface area contributed by atoms with Gasteiger partial charge in [0.25, 0.3) is 5.89 Å². The maximum atomic E-state index is 13.4. The molecule has 0 bridgehead atoms. The summed E-state index contributed by atoms with van der Waals surface area (Å²) < 4.78 is 19.1. The Morgan fingerprint density at radius 1 is 0.931 bits per heavy atom. The smallest absolute Gasteiger partial charge is 0.265 e. The van der Waals surface area contributed by atoms with Crippen LogP contribution in [0.2, 0.25) is 0 Å². The van der Waals surface area contributed by atoms with Crippen molar-refractivity contribution >= 4 is 17.0 Å². The standard InChI is InChI=1S/C24H21FN2O2/c25-20-12-7-11-18(14-20)19-15-22-23(26-16-19)27-24(29-22)21(28)13-6-2-5-10-17-8-3-1-4-9-17/h1,3-4,7-9,11-12,14-16H,2,5-6,10,13H2. The Morgan fingerprint density at radius 3 is 2.62 bits per heavy atom. The third-order valence-electron chi connectivity index (χ3n) is 4.86. The fraction of sp³-hybridized carbons (Fsp3) is 0.208. The Balaban J connectivity index is 1.35. The van der Waals surface area contributed by atoms with Gasteiger partial charge in [-0.3, -0.25) is 4.79 Å². The highest BCUT2D eigenvalue weighted by molar-refractivity contribution is 5.93. The number of aryl methyl sites for hydroxylation is 1. The van der Waals surface area contributed by atoms with Crippen molar-refractivity contribution in [2.75, 3.05) is 0 Å². The average molecular weight is 388 g/mol. The van der Waals surface area contributed by atoms with Crippen molar-refractivity contribution in [3.63, 3.8) is 0 Å². The van der Waals surface area contributed by atoms with Crippen LogP contribution in [0.1, 0.15) is 41.9 Å². The number of nitrogens with zero attached hydrogens (tertiary/aromatic N) is 2. The minimum absolute atomic E-state index is 0.0898. The highest BCUT2D eigenvalue weighted by Gasteiger charge is 2.15. The molecule has 0 aliphatic rings. The molecule has 4 aromatic rings. The molecule has 0 N–H and O–H groups in total. The molecule has 2 aromatic carbocycles. The van der Waals surface area contributed by atoms with E-state index in [1.807, 2.05) is 18.2 Å². The molecule has 29 heavy (non-hydrogen) atoms. The summed E-state index contributed by atoms with van der Waals surface area (Å²) in [5.41, 5.74) is 3.55. The lowest BCUT2D eigenvalue weighted by Crippen LogP contribution is -1.99. The van der Waals surface area contributed by atoms with Crippen LogP contribution in [-0.4, -0.2) is 15.8 Å². The summed E-state index contributed by atoms with van der Waals surface area (Å²) in [5.74, 6) is -0.342. The summed E-state index contributed by atoms with van der Waals surface area (Å²) in [5, 5.41) is 0. The van der Waals surface area contributed by atoms with Gasteiger partial charge in [0, 0.05) is 18.2 Å². The van der Waals surface area contributed by atoms with Gasteiger partial charge < -0.3 is 4.42 Å². The van der Waals surface area contributed by atoms with Crippen molar-refractivity contribution in [3.8, 4) is 11.1 Å². The summed E-state index contributed by atoms with van der Waals surface area (Å²) in [6.07, 6.45) is 5.85. The number of rotatable bonds is 8. The number of unbranched alkanes of at least 4 members (excludes halogenated alkanes) is 2. The van der Waals surface area contributed by atoms with E-state index in [1.54, 1.807) is 24.4 Å². The molecule has 0 saturated heterocycles. The van der Waals surface area contributed by atoms with Gasteiger partial charge in [-0.1, -0.05) is 48.9 Å². The first-order chi connectivity index (χ1) is 14.2. The molecule has 2 heterocycles. The maximum Gasteiger partial charge on any atom is 0.265 e. The first-order valence-electron chi connectivity index (χ1n) is 9.79. The zero-order valence-corrected chi connectivity index (χ0v) is 16.0. The van der Waals surface area contributed by atoms with E-state index in [2.05, 4.69) is 22.1 Å². The second-order valence-electron chi connectivity index (χ2n) is 7.04. The van der Waals surface area contributed by atoms with E-state index in [9.17, 15) is 9.18 Å². The van der Waals surface area contributed by atoms with Gasteiger partial charge in [-0.25, -0.2) is 9.37 Å². The van der Waals surface area contributed by atoms with E-state index in [1.165, 1.54) is 17.7 Å². The van der Waals surface area contributed by atoms with Crippen LogP contribution in [0, 0.1) is 5.82 Å². The molecule has 0 saturated carbocycles. The zero-order chi connectivity index (χ0) is 20.1. The van der Waals surface area contributed by atoms with Gasteiger partial charge in [0.05, 0.1) is 0 Å². The van der Waals surface area contributed by atoms with Crippen LogP contribution >= 0.6 is 0 Å². The average Bonchev–Trinajstić information content (AvgIpc) is 3.18. The normalized spacial score (nSPS) is 11.1. The highest BCUT2D eigenvalue weighted by atomic mass is 19.1. The molecule has 0 unspecified atom stereocenters. The fourth-order valence-electron chi connectivity index (χ4n) is 3.31. The molecule has 0 atom stereocenters. The predicted octanol–water partition coefficient (Wildman–Crippen LogP) is 6.01. The Bertz CT molecular complexity index is 1120. The maximum absolute atomic E-state index is 13.4. The third kappa shape index (κ3) is 4.74. The predicted molar refractivity (Wildman–Crippen MR) is 110 cm³/mol. The lowest BCUT2D eigenvalue weighted by molar-refractivity contribution is 0.0947. The molecule has 0 radical (unpaired) electrons. The number of pyridine rings is 1. The number of halogens is 1. The Labute approximate surface area is 168 Å². The lowest BCUT2D eigenvalue weighted by atomic mass is 10.1. The summed E-state index contributed by atoms with van der Waals surface area (Å²) in [6, 6.07) is 18.3. The van der Waals surface area contributed by atoms with Crippen molar-refractivity contribution in [2.24, 2.45) is 0 Å². The molecule has 0 spiro atoms. The molecule has 2 aromatic heterocycles. The minimum atomic E-state index is -0.316. The van der Waals surface area contributed by atoms with Crippen LogP contribution in [0.15, 0.2) is 71.3 Å². The van der Waals surface area contributed by atoms with E-state index in [4.69, 9.17) is 4.42 Å². The van der Waals surface area contributed by atoms with Gasteiger partial charge in [-0.15, -0.1) is 0 Å². The first kappa shape index (κ1) is 19.0. The van der Waals surface area contributed by atoms with Gasteiger partial charge in [-0.2, -0.15) is 4.98 Å². The third-order valence-corrected chi connectivity index (χ3v) is 4.86. The van der Waals surface area contributed by atoms with Crippen LogP contribution in [0.3, 0.4) is 0 Å². The molecule has 146 valence electrons. The summed E-state index contributed by atoms with van der Waals surface area (Å²) in [6.45, 7) is 0. The van der Waals surface area contributed by atoms with E-state index >= 15 is 0 Å². The summed E-state index contributed by atoms with van der Waals surface area (Å²) in [7, 11) is 0. The Hall–Kier alpha value is -3.34. The van der Waals surface area contributed by atoms with E-state index in [0.29, 0.717) is 28.8 Å². The Morgan fingerprint density at radius 2 is 1.79 bits per heavy atom. The topological polar surface area (TPSA) is 56.0 Å². The molecule has 5 heteroatoms. The SMILES string of the molecule is O=C(CCCCCc1ccccc1)c1nc2ncc(-c3cccc(F)c3)cc2o1. The minimum Gasteiger partial charge on any atom is -0.432 e. The summed E-state index contributed by atoms with van der Waals surface area (Å²) in [4.78, 5) is 20.9. The van der Waals surface area contributed by atoms with E-state index in [0.717, 1.165) is 25.7 Å². The van der Waals surface area contributed by atoms with Crippen molar-refractivity contribution in [2.45, 2.75) is 32.1 Å². The molecule has 0 fully saturated rings. The van der Waals surface area contributed by atoms with Gasteiger partial charge in [0.2, 0.25) is 5.78 Å². The highest BCUT2D eigenvalue weighted by Crippen LogP contribution is 2.24. The number of hydrogen-bond donors (Lipinski definition) is 0. The van der Waals surface area contributed by atoms with Crippen LogP contribution in [0.4, 0.5) is 4.39 Å². The van der Waals surface area contributed by atoms with Crippen molar-refractivity contribution in [3.05, 3.63) is 84.1 Å². The molecule has 4 nitrogen and oxygen atoms in total. The molecular weight excluding hydrogens is 367 g/mol. The Kier molecular flexibility index (Phi) is 5.75. The van der Waals surface area contributed by atoms with Gasteiger partial charge in [0.15, 0.2) is 11.2 Å². The second kappa shape index (κ2) is 8.78. The van der Waals surface area contributed by atoms with Crippen LogP contribution in [0.25, 0.3) is 22.4 Å². The van der Waals surface area contributed by atoms with Gasteiger partial charge >= 0.3 is 0 Å². The lowest BCUT2D eigenvalue weighted by Gasteiger charge is -2.01. The first-order valence-corrected chi connectivity index (χ1v) is 9.79. The number of oxazole rings is 1.